The van der Waals surface area contributed by atoms with Crippen molar-refractivity contribution in [3.63, 3.8) is 0 Å². The normalized spacial score (nSPS) is 10.9. The Labute approximate surface area is 174 Å². The van der Waals surface area contributed by atoms with Gasteiger partial charge in [-0.1, -0.05) is 23.7 Å². The van der Waals surface area contributed by atoms with Crippen LogP contribution < -0.4 is 5.32 Å². The predicted octanol–water partition coefficient (Wildman–Crippen LogP) is 4.44. The van der Waals surface area contributed by atoms with Crippen molar-refractivity contribution in [2.45, 2.75) is 13.1 Å². The van der Waals surface area contributed by atoms with Crippen LogP contribution in [0.3, 0.4) is 0 Å². The van der Waals surface area contributed by atoms with Gasteiger partial charge in [0.2, 0.25) is 0 Å². The second-order valence-corrected chi connectivity index (χ2v) is 7.36. The summed E-state index contributed by atoms with van der Waals surface area (Å²) in [6.45, 7) is 1.01. The molecule has 3 aromatic heterocycles. The van der Waals surface area contributed by atoms with Crippen LogP contribution in [0.5, 0.6) is 0 Å². The Hall–Kier alpha value is -2.84. The first-order chi connectivity index (χ1) is 13.6. The number of furan rings is 1. The minimum absolute atomic E-state index is 0.210. The van der Waals surface area contributed by atoms with E-state index in [1.165, 1.54) is 0 Å². The maximum Gasteiger partial charge on any atom is 0.292 e. The Morgan fingerprint density at radius 2 is 1.96 bits per heavy atom. The third kappa shape index (κ3) is 4.35. The van der Waals surface area contributed by atoms with Crippen LogP contribution >= 0.6 is 27.5 Å². The minimum atomic E-state index is -0.371. The van der Waals surface area contributed by atoms with Gasteiger partial charge in [0.1, 0.15) is 5.76 Å². The van der Waals surface area contributed by atoms with Crippen molar-refractivity contribution >= 4 is 39.3 Å². The monoisotopic (exact) mass is 459 g/mol. The van der Waals surface area contributed by atoms with Crippen molar-refractivity contribution in [3.05, 3.63) is 87.6 Å². The van der Waals surface area contributed by atoms with Gasteiger partial charge >= 0.3 is 0 Å². The fourth-order valence-electron chi connectivity index (χ4n) is 2.65. The molecule has 7 nitrogen and oxygen atoms in total. The number of hydrogen-bond acceptors (Lipinski definition) is 4. The lowest BCUT2D eigenvalue weighted by Gasteiger charge is -2.02. The first-order valence-electron chi connectivity index (χ1n) is 8.42. The van der Waals surface area contributed by atoms with E-state index in [2.05, 4.69) is 31.4 Å². The number of halogens is 2. The van der Waals surface area contributed by atoms with Gasteiger partial charge < -0.3 is 9.73 Å². The number of rotatable bonds is 6. The zero-order valence-corrected chi connectivity index (χ0v) is 16.9. The van der Waals surface area contributed by atoms with Crippen molar-refractivity contribution in [2.75, 3.05) is 5.32 Å². The van der Waals surface area contributed by atoms with Crippen LogP contribution in [0.4, 0.5) is 5.82 Å². The van der Waals surface area contributed by atoms with Crippen molar-refractivity contribution in [1.29, 1.82) is 0 Å². The number of carbonyl (C=O) groups excluding carboxylic acids is 1. The maximum atomic E-state index is 12.5. The van der Waals surface area contributed by atoms with Crippen LogP contribution in [-0.2, 0) is 13.1 Å². The van der Waals surface area contributed by atoms with Gasteiger partial charge in [-0.05, 0) is 51.8 Å². The highest BCUT2D eigenvalue weighted by molar-refractivity contribution is 9.10. The third-order valence-corrected chi connectivity index (χ3v) is 4.80. The quantitative estimate of drug-likeness (QED) is 0.461. The number of nitrogens with one attached hydrogen (secondary N) is 1. The summed E-state index contributed by atoms with van der Waals surface area (Å²) in [6.07, 6.45) is 5.32. The Morgan fingerprint density at radius 3 is 2.71 bits per heavy atom. The molecule has 4 rings (SSSR count). The SMILES string of the molecule is O=C(Nc1nn(Cc2ccc(Cl)cc2)cc1Br)c1ccc(Cn2cccn2)o1. The molecule has 1 amide bonds. The molecule has 0 radical (unpaired) electrons. The molecule has 0 saturated heterocycles. The Bertz CT molecular complexity index is 1090. The number of carbonyl (C=O) groups is 1. The molecule has 0 spiro atoms. The van der Waals surface area contributed by atoms with E-state index in [1.807, 2.05) is 36.5 Å². The summed E-state index contributed by atoms with van der Waals surface area (Å²) in [7, 11) is 0. The van der Waals surface area contributed by atoms with E-state index in [9.17, 15) is 4.79 Å². The molecule has 0 saturated carbocycles. The predicted molar refractivity (Wildman–Crippen MR) is 108 cm³/mol. The van der Waals surface area contributed by atoms with E-state index < -0.39 is 0 Å². The molecular formula is C19H15BrClN5O2. The summed E-state index contributed by atoms with van der Waals surface area (Å²) in [4.78, 5) is 12.5. The summed E-state index contributed by atoms with van der Waals surface area (Å²) in [6, 6.07) is 12.7. The molecular weight excluding hydrogens is 446 g/mol. The van der Waals surface area contributed by atoms with Crippen LogP contribution in [0.25, 0.3) is 0 Å². The van der Waals surface area contributed by atoms with Gasteiger partial charge in [0, 0.05) is 23.6 Å². The molecule has 0 fully saturated rings. The summed E-state index contributed by atoms with van der Waals surface area (Å²) < 4.78 is 9.74. The van der Waals surface area contributed by atoms with Crippen LogP contribution in [-0.4, -0.2) is 25.5 Å². The van der Waals surface area contributed by atoms with Crippen molar-refractivity contribution in [3.8, 4) is 0 Å². The van der Waals surface area contributed by atoms with Crippen molar-refractivity contribution in [1.82, 2.24) is 19.6 Å². The van der Waals surface area contributed by atoms with Crippen molar-refractivity contribution in [2.24, 2.45) is 0 Å². The number of hydrogen-bond donors (Lipinski definition) is 1. The van der Waals surface area contributed by atoms with Gasteiger partial charge in [-0.15, -0.1) is 0 Å². The molecule has 4 aromatic rings. The summed E-state index contributed by atoms with van der Waals surface area (Å²) in [5.74, 6) is 0.899. The molecule has 0 aliphatic heterocycles. The number of benzene rings is 1. The average Bonchev–Trinajstić information content (AvgIpc) is 3.41. The molecule has 142 valence electrons. The summed E-state index contributed by atoms with van der Waals surface area (Å²) in [5.41, 5.74) is 1.05. The van der Waals surface area contributed by atoms with Crippen LogP contribution in [0.15, 0.2) is 69.9 Å². The van der Waals surface area contributed by atoms with Gasteiger partial charge in [0.05, 0.1) is 17.6 Å². The fourth-order valence-corrected chi connectivity index (χ4v) is 3.19. The molecule has 0 aliphatic rings. The minimum Gasteiger partial charge on any atom is -0.454 e. The highest BCUT2D eigenvalue weighted by Gasteiger charge is 2.16. The lowest BCUT2D eigenvalue weighted by molar-refractivity contribution is 0.0994. The molecule has 0 bridgehead atoms. The Morgan fingerprint density at radius 1 is 1.14 bits per heavy atom. The molecule has 0 unspecified atom stereocenters. The van der Waals surface area contributed by atoms with E-state index in [0.29, 0.717) is 34.2 Å². The first-order valence-corrected chi connectivity index (χ1v) is 9.59. The van der Waals surface area contributed by atoms with Crippen molar-refractivity contribution < 1.29 is 9.21 Å². The average molecular weight is 461 g/mol. The highest BCUT2D eigenvalue weighted by Crippen LogP contribution is 2.22. The molecule has 1 aromatic carbocycles. The molecule has 0 atom stereocenters. The smallest absolute Gasteiger partial charge is 0.292 e. The van der Waals surface area contributed by atoms with Crippen LogP contribution in [0.2, 0.25) is 5.02 Å². The number of aromatic nitrogens is 4. The highest BCUT2D eigenvalue weighted by atomic mass is 79.9. The van der Waals surface area contributed by atoms with Gasteiger partial charge in [0.15, 0.2) is 11.6 Å². The second-order valence-electron chi connectivity index (χ2n) is 6.07. The van der Waals surface area contributed by atoms with E-state index in [-0.39, 0.29) is 11.7 Å². The van der Waals surface area contributed by atoms with E-state index >= 15 is 0 Å². The number of amides is 1. The van der Waals surface area contributed by atoms with E-state index in [1.54, 1.807) is 33.9 Å². The van der Waals surface area contributed by atoms with Crippen LogP contribution in [0, 0.1) is 0 Å². The van der Waals surface area contributed by atoms with E-state index in [4.69, 9.17) is 16.0 Å². The standard InChI is InChI=1S/C19H15BrClN5O2/c20-16-12-26(10-13-2-4-14(21)5-3-13)24-18(16)23-19(27)17-7-6-15(28-17)11-25-9-1-8-22-25/h1-9,12H,10-11H2,(H,23,24,27). The zero-order chi connectivity index (χ0) is 19.5. The molecule has 1 N–H and O–H groups in total. The van der Waals surface area contributed by atoms with Gasteiger partial charge in [-0.3, -0.25) is 14.2 Å². The second kappa shape index (κ2) is 8.04. The number of nitrogens with zero attached hydrogens (tertiary/aromatic N) is 4. The van der Waals surface area contributed by atoms with Gasteiger partial charge in [0.25, 0.3) is 5.91 Å². The molecule has 3 heterocycles. The summed E-state index contributed by atoms with van der Waals surface area (Å²) >= 11 is 9.34. The largest absolute Gasteiger partial charge is 0.454 e. The molecule has 9 heteroatoms. The van der Waals surface area contributed by atoms with Crippen LogP contribution in [0.1, 0.15) is 21.9 Å². The first kappa shape index (κ1) is 18.5. The molecule has 0 aliphatic carbocycles. The lowest BCUT2D eigenvalue weighted by atomic mass is 10.2. The number of anilines is 1. The molecule has 28 heavy (non-hydrogen) atoms. The van der Waals surface area contributed by atoms with Gasteiger partial charge in [-0.25, -0.2) is 0 Å². The maximum absolute atomic E-state index is 12.5. The zero-order valence-electron chi connectivity index (χ0n) is 14.5. The Kier molecular flexibility index (Phi) is 5.31. The Balaban J connectivity index is 1.42. The fraction of sp³-hybridized carbons (Fsp3) is 0.105. The summed E-state index contributed by atoms with van der Waals surface area (Å²) in [5, 5.41) is 12.0. The topological polar surface area (TPSA) is 77.9 Å². The third-order valence-electron chi connectivity index (χ3n) is 3.97. The van der Waals surface area contributed by atoms with E-state index in [0.717, 1.165) is 5.56 Å². The van der Waals surface area contributed by atoms with Gasteiger partial charge in [-0.2, -0.15) is 10.2 Å². The lowest BCUT2D eigenvalue weighted by Crippen LogP contribution is -2.12.